The van der Waals surface area contributed by atoms with Crippen molar-refractivity contribution in [3.63, 3.8) is 0 Å². The minimum Gasteiger partial charge on any atom is -0.394 e. The molecule has 2 amide bonds. The van der Waals surface area contributed by atoms with Gasteiger partial charge in [-0.2, -0.15) is 0 Å². The molecule has 0 spiro atoms. The number of carbonyl (C=O) groups is 1. The third-order valence-corrected chi connectivity index (χ3v) is 6.29. The summed E-state index contributed by atoms with van der Waals surface area (Å²) < 4.78 is 12.1. The number of amides is 2. The summed E-state index contributed by atoms with van der Waals surface area (Å²) in [5, 5.41) is 12.5. The molecule has 4 atom stereocenters. The second-order valence-corrected chi connectivity index (χ2v) is 7.66. The van der Waals surface area contributed by atoms with Gasteiger partial charge in [0.05, 0.1) is 17.9 Å². The number of aliphatic hydroxyl groups is 1. The lowest BCUT2D eigenvalue weighted by Gasteiger charge is -2.33. The molecule has 5 nitrogen and oxygen atoms in total. The second kappa shape index (κ2) is 7.41. The van der Waals surface area contributed by atoms with Crippen LogP contribution < -0.4 is 5.32 Å². The molecular weight excluding hydrogens is 276 g/mol. The maximum absolute atomic E-state index is 12.3. The van der Waals surface area contributed by atoms with E-state index in [0.717, 1.165) is 38.5 Å². The monoisotopic (exact) mass is 302 g/mol. The molecule has 1 saturated heterocycles. The fourth-order valence-corrected chi connectivity index (χ4v) is 4.75. The van der Waals surface area contributed by atoms with E-state index in [1.54, 1.807) is 4.90 Å². The minimum atomic E-state index is -0.855. The highest BCUT2D eigenvalue weighted by atomic mass is 32.2. The number of nitrogens with one attached hydrogen (secondary N) is 1. The van der Waals surface area contributed by atoms with Gasteiger partial charge in [-0.25, -0.2) is 4.79 Å². The Hall–Kier alpha value is -0.620. The Morgan fingerprint density at radius 3 is 2.75 bits per heavy atom. The van der Waals surface area contributed by atoms with Crippen LogP contribution >= 0.6 is 0 Å². The summed E-state index contributed by atoms with van der Waals surface area (Å²) in [5.41, 5.74) is 0. The molecule has 1 aliphatic heterocycles. The molecule has 2 N–H and O–H groups in total. The molecule has 2 rings (SSSR count). The Kier molecular flexibility index (Phi) is 5.84. The van der Waals surface area contributed by atoms with Crippen molar-refractivity contribution in [3.05, 3.63) is 0 Å². The van der Waals surface area contributed by atoms with E-state index < -0.39 is 10.8 Å². The molecule has 2 fully saturated rings. The van der Waals surface area contributed by atoms with E-state index >= 15 is 0 Å². The van der Waals surface area contributed by atoms with Crippen molar-refractivity contribution in [1.82, 2.24) is 10.2 Å². The highest BCUT2D eigenvalue weighted by Crippen LogP contribution is 2.24. The zero-order valence-corrected chi connectivity index (χ0v) is 13.0. The lowest BCUT2D eigenvalue weighted by Crippen LogP contribution is -2.53. The summed E-state index contributed by atoms with van der Waals surface area (Å²) in [6, 6.07) is -0.114. The maximum Gasteiger partial charge on any atom is 0.317 e. The largest absolute Gasteiger partial charge is 0.394 e. The van der Waals surface area contributed by atoms with E-state index in [1.165, 1.54) is 0 Å². The van der Waals surface area contributed by atoms with Gasteiger partial charge >= 0.3 is 6.03 Å². The lowest BCUT2D eigenvalue weighted by molar-refractivity contribution is 0.153. The van der Waals surface area contributed by atoms with Crippen molar-refractivity contribution in [2.75, 3.05) is 18.9 Å². The fraction of sp³-hybridized carbons (Fsp3) is 0.929. The van der Waals surface area contributed by atoms with Crippen molar-refractivity contribution in [2.24, 2.45) is 0 Å². The lowest BCUT2D eigenvalue weighted by atomic mass is 9.95. The number of likely N-dealkylation sites (tertiary alicyclic amines) is 1. The summed E-state index contributed by atoms with van der Waals surface area (Å²) >= 11 is 0. The SMILES string of the molecule is CC[S@@](=O)[C@@H]1CCCC[C@@H]1NC(=O)N1CCC[C@@H]1CO. The summed E-state index contributed by atoms with van der Waals surface area (Å²) in [6.45, 7) is 2.68. The zero-order chi connectivity index (χ0) is 14.5. The molecular formula is C14H26N2O3S. The van der Waals surface area contributed by atoms with Crippen LogP contribution in [0.15, 0.2) is 0 Å². The maximum atomic E-state index is 12.3. The Labute approximate surface area is 123 Å². The van der Waals surface area contributed by atoms with Crippen molar-refractivity contribution in [1.29, 1.82) is 0 Å². The number of rotatable bonds is 4. The van der Waals surface area contributed by atoms with Gasteiger partial charge in [0.2, 0.25) is 0 Å². The van der Waals surface area contributed by atoms with Crippen molar-refractivity contribution < 1.29 is 14.1 Å². The van der Waals surface area contributed by atoms with Crippen molar-refractivity contribution in [3.8, 4) is 0 Å². The molecule has 1 heterocycles. The first kappa shape index (κ1) is 15.8. The predicted octanol–water partition coefficient (Wildman–Crippen LogP) is 1.23. The van der Waals surface area contributed by atoms with Gasteiger partial charge in [-0.15, -0.1) is 0 Å². The molecule has 1 aliphatic carbocycles. The quantitative estimate of drug-likeness (QED) is 0.821. The molecule has 0 radical (unpaired) electrons. The normalized spacial score (nSPS) is 32.1. The van der Waals surface area contributed by atoms with Crippen LogP contribution in [-0.2, 0) is 10.8 Å². The zero-order valence-electron chi connectivity index (χ0n) is 12.2. The average Bonchev–Trinajstić information content (AvgIpc) is 2.95. The summed E-state index contributed by atoms with van der Waals surface area (Å²) in [6.07, 6.45) is 5.87. The third-order valence-electron chi connectivity index (χ3n) is 4.48. The highest BCUT2D eigenvalue weighted by molar-refractivity contribution is 7.85. The molecule has 0 aromatic heterocycles. The minimum absolute atomic E-state index is 0.0250. The van der Waals surface area contributed by atoms with Crippen LogP contribution in [0.2, 0.25) is 0 Å². The topological polar surface area (TPSA) is 69.6 Å². The number of urea groups is 1. The molecule has 0 aromatic rings. The number of hydrogen-bond donors (Lipinski definition) is 2. The Morgan fingerprint density at radius 1 is 1.30 bits per heavy atom. The Bertz CT molecular complexity index is 364. The first-order chi connectivity index (χ1) is 9.67. The van der Waals surface area contributed by atoms with Crippen LogP contribution in [0.5, 0.6) is 0 Å². The van der Waals surface area contributed by atoms with E-state index in [2.05, 4.69) is 5.32 Å². The molecule has 0 unspecified atom stereocenters. The number of carbonyl (C=O) groups excluding carboxylic acids is 1. The van der Waals surface area contributed by atoms with Crippen molar-refractivity contribution in [2.45, 2.75) is 62.8 Å². The Balaban J connectivity index is 1.96. The summed E-state index contributed by atoms with van der Waals surface area (Å²) in [4.78, 5) is 14.1. The van der Waals surface area contributed by atoms with Crippen LogP contribution in [0.1, 0.15) is 45.4 Å². The van der Waals surface area contributed by atoms with Crippen LogP contribution in [0.25, 0.3) is 0 Å². The predicted molar refractivity (Wildman–Crippen MR) is 80.1 cm³/mol. The van der Waals surface area contributed by atoms with Gasteiger partial charge in [-0.1, -0.05) is 19.8 Å². The second-order valence-electron chi connectivity index (χ2n) is 5.72. The van der Waals surface area contributed by atoms with Crippen LogP contribution in [0.3, 0.4) is 0 Å². The standard InChI is InChI=1S/C14H26N2O3S/c1-2-20(19)13-8-4-3-7-12(13)15-14(18)16-9-5-6-11(16)10-17/h11-13,17H,2-10H2,1H3,(H,15,18)/t11-,12+,13-,20-/m1/s1. The molecule has 2 aliphatic rings. The molecule has 0 bridgehead atoms. The van der Waals surface area contributed by atoms with Gasteiger partial charge in [0.25, 0.3) is 0 Å². The molecule has 1 saturated carbocycles. The van der Waals surface area contributed by atoms with Gasteiger partial charge in [-0.3, -0.25) is 4.21 Å². The summed E-state index contributed by atoms with van der Waals surface area (Å²) in [5.74, 6) is 0.653. The highest BCUT2D eigenvalue weighted by Gasteiger charge is 2.34. The molecule has 6 heteroatoms. The number of hydrogen-bond acceptors (Lipinski definition) is 3. The van der Waals surface area contributed by atoms with Crippen LogP contribution in [0, 0.1) is 0 Å². The van der Waals surface area contributed by atoms with E-state index in [4.69, 9.17) is 0 Å². The first-order valence-electron chi connectivity index (χ1n) is 7.72. The van der Waals surface area contributed by atoms with E-state index in [0.29, 0.717) is 12.3 Å². The third kappa shape index (κ3) is 3.52. The van der Waals surface area contributed by atoms with Gasteiger partial charge < -0.3 is 15.3 Å². The van der Waals surface area contributed by atoms with Gasteiger partial charge in [0, 0.05) is 29.1 Å². The first-order valence-corrected chi connectivity index (χ1v) is 9.10. The number of nitrogens with zero attached hydrogens (tertiary/aromatic N) is 1. The summed E-state index contributed by atoms with van der Waals surface area (Å²) in [7, 11) is -0.855. The van der Waals surface area contributed by atoms with Crippen molar-refractivity contribution >= 4 is 16.8 Å². The van der Waals surface area contributed by atoms with Crippen LogP contribution in [0.4, 0.5) is 4.79 Å². The van der Waals surface area contributed by atoms with Gasteiger partial charge in [0.15, 0.2) is 0 Å². The average molecular weight is 302 g/mol. The molecule has 20 heavy (non-hydrogen) atoms. The smallest absolute Gasteiger partial charge is 0.317 e. The van der Waals surface area contributed by atoms with E-state index in [9.17, 15) is 14.1 Å². The van der Waals surface area contributed by atoms with Gasteiger partial charge in [0.1, 0.15) is 0 Å². The Morgan fingerprint density at radius 2 is 2.05 bits per heavy atom. The molecule has 116 valence electrons. The van der Waals surface area contributed by atoms with Gasteiger partial charge in [-0.05, 0) is 25.7 Å². The molecule has 0 aromatic carbocycles. The number of aliphatic hydroxyl groups excluding tert-OH is 1. The van der Waals surface area contributed by atoms with E-state index in [1.807, 2.05) is 6.92 Å². The fourth-order valence-electron chi connectivity index (χ4n) is 3.33. The van der Waals surface area contributed by atoms with E-state index in [-0.39, 0.29) is 30.0 Å². The van der Waals surface area contributed by atoms with Crippen LogP contribution in [-0.4, -0.2) is 56.5 Å².